The second-order valence-corrected chi connectivity index (χ2v) is 8.28. The van der Waals surface area contributed by atoms with Crippen molar-refractivity contribution in [3.05, 3.63) is 35.4 Å². The molecule has 21 heavy (non-hydrogen) atoms. The van der Waals surface area contributed by atoms with E-state index in [1.54, 1.807) is 0 Å². The maximum atomic E-state index is 6.18. The first-order chi connectivity index (χ1) is 9.89. The lowest BCUT2D eigenvalue weighted by molar-refractivity contribution is -0.0714. The number of rotatable bonds is 2. The Bertz CT molecular complexity index is 483. The fourth-order valence-corrected chi connectivity index (χ4v) is 4.33. The van der Waals surface area contributed by atoms with Crippen LogP contribution in [0.25, 0.3) is 0 Å². The fourth-order valence-electron chi connectivity index (χ4n) is 4.33. The molecule has 1 aliphatic heterocycles. The van der Waals surface area contributed by atoms with Gasteiger partial charge in [-0.3, -0.25) is 0 Å². The van der Waals surface area contributed by atoms with Crippen LogP contribution in [0.3, 0.4) is 0 Å². The molecule has 0 amide bonds. The Morgan fingerprint density at radius 2 is 1.62 bits per heavy atom. The average molecular weight is 287 g/mol. The number of hydrogen-bond acceptors (Lipinski definition) is 2. The topological polar surface area (TPSA) is 35.2 Å². The summed E-state index contributed by atoms with van der Waals surface area (Å²) in [5.74, 6) is 0. The minimum absolute atomic E-state index is 0.216. The Morgan fingerprint density at radius 3 is 2.10 bits per heavy atom. The Morgan fingerprint density at radius 1 is 1.05 bits per heavy atom. The molecule has 2 aliphatic rings. The molecule has 1 aromatic rings. The van der Waals surface area contributed by atoms with Crippen molar-refractivity contribution >= 4 is 0 Å². The van der Waals surface area contributed by atoms with Gasteiger partial charge in [0, 0.05) is 25.2 Å². The van der Waals surface area contributed by atoms with Crippen molar-refractivity contribution in [3.8, 4) is 0 Å². The molecule has 1 aromatic carbocycles. The van der Waals surface area contributed by atoms with E-state index in [0.717, 1.165) is 19.8 Å². The van der Waals surface area contributed by atoms with Crippen LogP contribution in [-0.2, 0) is 15.6 Å². The van der Waals surface area contributed by atoms with E-state index in [9.17, 15) is 0 Å². The van der Waals surface area contributed by atoms with Gasteiger partial charge in [-0.2, -0.15) is 0 Å². The SMILES string of the molecule is CC(C)(C)c1ccc(C2(CN)CC3(CCOCC3)C2)cc1. The first-order valence-electron chi connectivity index (χ1n) is 8.28. The minimum Gasteiger partial charge on any atom is -0.381 e. The van der Waals surface area contributed by atoms with Crippen molar-refractivity contribution in [1.82, 2.24) is 0 Å². The fraction of sp³-hybridized carbons (Fsp3) is 0.684. The summed E-state index contributed by atoms with van der Waals surface area (Å²) in [4.78, 5) is 0. The van der Waals surface area contributed by atoms with Gasteiger partial charge in [-0.05, 0) is 47.6 Å². The van der Waals surface area contributed by atoms with E-state index in [1.165, 1.54) is 36.8 Å². The molecule has 2 fully saturated rings. The van der Waals surface area contributed by atoms with Crippen LogP contribution < -0.4 is 5.73 Å². The van der Waals surface area contributed by atoms with E-state index in [1.807, 2.05) is 0 Å². The molecule has 0 aromatic heterocycles. The summed E-state index contributed by atoms with van der Waals surface area (Å²) in [6, 6.07) is 9.22. The summed E-state index contributed by atoms with van der Waals surface area (Å²) in [6.07, 6.45) is 4.92. The number of nitrogens with two attached hydrogens (primary N) is 1. The lowest BCUT2D eigenvalue weighted by Crippen LogP contribution is -2.55. The summed E-state index contributed by atoms with van der Waals surface area (Å²) in [7, 11) is 0. The average Bonchev–Trinajstić information content (AvgIpc) is 2.44. The maximum absolute atomic E-state index is 6.18. The highest BCUT2D eigenvalue weighted by Crippen LogP contribution is 2.59. The zero-order valence-electron chi connectivity index (χ0n) is 13.7. The number of hydrogen-bond donors (Lipinski definition) is 1. The van der Waals surface area contributed by atoms with Crippen LogP contribution in [0.1, 0.15) is 57.6 Å². The van der Waals surface area contributed by atoms with Crippen molar-refractivity contribution in [2.24, 2.45) is 11.1 Å². The van der Waals surface area contributed by atoms with Crippen LogP contribution in [0, 0.1) is 5.41 Å². The molecule has 0 radical (unpaired) electrons. The third kappa shape index (κ3) is 2.64. The van der Waals surface area contributed by atoms with Gasteiger partial charge in [-0.25, -0.2) is 0 Å². The number of ether oxygens (including phenoxy) is 1. The van der Waals surface area contributed by atoms with Gasteiger partial charge in [0.25, 0.3) is 0 Å². The van der Waals surface area contributed by atoms with Gasteiger partial charge < -0.3 is 10.5 Å². The Hall–Kier alpha value is -0.860. The van der Waals surface area contributed by atoms with Crippen molar-refractivity contribution in [2.75, 3.05) is 19.8 Å². The van der Waals surface area contributed by atoms with Gasteiger partial charge in [0.2, 0.25) is 0 Å². The standard InChI is InChI=1S/C19H29NO/c1-17(2,3)15-4-6-16(7-5-15)19(14-20)12-18(13-19)8-10-21-11-9-18/h4-7H,8-14,20H2,1-3H3. The smallest absolute Gasteiger partial charge is 0.0471 e. The third-order valence-electron chi connectivity index (χ3n) is 5.73. The molecule has 1 saturated heterocycles. The van der Waals surface area contributed by atoms with E-state index < -0.39 is 0 Å². The zero-order chi connectivity index (χ0) is 15.1. The van der Waals surface area contributed by atoms with E-state index in [2.05, 4.69) is 45.0 Å². The first kappa shape index (κ1) is 15.1. The van der Waals surface area contributed by atoms with Crippen LogP contribution in [0.2, 0.25) is 0 Å². The van der Waals surface area contributed by atoms with Crippen molar-refractivity contribution in [1.29, 1.82) is 0 Å². The second-order valence-electron chi connectivity index (χ2n) is 8.28. The molecule has 0 atom stereocenters. The first-order valence-corrected chi connectivity index (χ1v) is 8.28. The van der Waals surface area contributed by atoms with E-state index in [0.29, 0.717) is 5.41 Å². The van der Waals surface area contributed by atoms with Crippen LogP contribution in [-0.4, -0.2) is 19.8 Å². The summed E-state index contributed by atoms with van der Waals surface area (Å²) in [5, 5.41) is 0. The molecule has 3 rings (SSSR count). The third-order valence-corrected chi connectivity index (χ3v) is 5.73. The van der Waals surface area contributed by atoms with Gasteiger partial charge in [0.15, 0.2) is 0 Å². The van der Waals surface area contributed by atoms with Gasteiger partial charge in [-0.1, -0.05) is 45.0 Å². The molecule has 1 saturated carbocycles. The Labute approximate surface area is 129 Å². The molecule has 2 heteroatoms. The molecule has 0 unspecified atom stereocenters. The highest BCUT2D eigenvalue weighted by molar-refractivity contribution is 5.36. The van der Waals surface area contributed by atoms with Crippen LogP contribution in [0.5, 0.6) is 0 Å². The molecule has 0 bridgehead atoms. The van der Waals surface area contributed by atoms with Crippen LogP contribution in [0.15, 0.2) is 24.3 Å². The van der Waals surface area contributed by atoms with Crippen molar-refractivity contribution < 1.29 is 4.74 Å². The zero-order valence-corrected chi connectivity index (χ0v) is 13.7. The van der Waals surface area contributed by atoms with E-state index in [4.69, 9.17) is 10.5 Å². The maximum Gasteiger partial charge on any atom is 0.0471 e. The highest BCUT2D eigenvalue weighted by atomic mass is 16.5. The van der Waals surface area contributed by atoms with Gasteiger partial charge in [-0.15, -0.1) is 0 Å². The second kappa shape index (κ2) is 5.10. The van der Waals surface area contributed by atoms with Crippen molar-refractivity contribution in [3.63, 3.8) is 0 Å². The monoisotopic (exact) mass is 287 g/mol. The summed E-state index contributed by atoms with van der Waals surface area (Å²) in [6.45, 7) is 9.43. The van der Waals surface area contributed by atoms with Gasteiger partial charge in [0.1, 0.15) is 0 Å². The Kier molecular flexibility index (Phi) is 3.66. The molecular weight excluding hydrogens is 258 g/mol. The predicted octanol–water partition coefficient (Wildman–Crippen LogP) is 3.77. The minimum atomic E-state index is 0.216. The lowest BCUT2D eigenvalue weighted by atomic mass is 9.48. The van der Waals surface area contributed by atoms with E-state index in [-0.39, 0.29) is 10.8 Å². The van der Waals surface area contributed by atoms with Gasteiger partial charge in [0.05, 0.1) is 0 Å². The predicted molar refractivity (Wildman–Crippen MR) is 87.6 cm³/mol. The molecule has 116 valence electrons. The van der Waals surface area contributed by atoms with Gasteiger partial charge >= 0.3 is 0 Å². The Balaban J connectivity index is 1.79. The quantitative estimate of drug-likeness (QED) is 0.898. The molecule has 1 heterocycles. The highest BCUT2D eigenvalue weighted by Gasteiger charge is 2.54. The molecule has 2 nitrogen and oxygen atoms in total. The molecule has 1 aliphatic carbocycles. The molecule has 2 N–H and O–H groups in total. The lowest BCUT2D eigenvalue weighted by Gasteiger charge is -2.58. The van der Waals surface area contributed by atoms with E-state index >= 15 is 0 Å². The van der Waals surface area contributed by atoms with Crippen LogP contribution in [0.4, 0.5) is 0 Å². The number of benzene rings is 1. The summed E-state index contributed by atoms with van der Waals surface area (Å²) < 4.78 is 5.53. The molecular formula is C19H29NO. The summed E-state index contributed by atoms with van der Waals surface area (Å²) >= 11 is 0. The van der Waals surface area contributed by atoms with Crippen LogP contribution >= 0.6 is 0 Å². The largest absolute Gasteiger partial charge is 0.381 e. The normalized spacial score (nSPS) is 23.8. The molecule has 1 spiro atoms. The van der Waals surface area contributed by atoms with Crippen molar-refractivity contribution in [2.45, 2.75) is 57.3 Å². The summed E-state index contributed by atoms with van der Waals surface area (Å²) in [5.41, 5.74) is 9.97.